The van der Waals surface area contributed by atoms with Crippen LogP contribution in [-0.4, -0.2) is 60.9 Å². The first-order valence-electron chi connectivity index (χ1n) is 9.25. The molecule has 1 saturated carbocycles. The van der Waals surface area contributed by atoms with E-state index in [1.807, 2.05) is 4.90 Å². The van der Waals surface area contributed by atoms with Crippen LogP contribution in [0.4, 0.5) is 0 Å². The molecule has 2 heterocycles. The van der Waals surface area contributed by atoms with Crippen LogP contribution in [0.15, 0.2) is 18.2 Å². The fraction of sp³-hybridized carbons (Fsp3) is 0.579. The smallest absolute Gasteiger partial charge is 0.255 e. The van der Waals surface area contributed by atoms with Crippen molar-refractivity contribution < 1.29 is 9.59 Å². The van der Waals surface area contributed by atoms with Crippen LogP contribution in [0.25, 0.3) is 0 Å². The minimum Gasteiger partial charge on any atom is -0.339 e. The van der Waals surface area contributed by atoms with Gasteiger partial charge in [0, 0.05) is 32.1 Å². The predicted molar refractivity (Wildman–Crippen MR) is 102 cm³/mol. The zero-order valence-corrected chi connectivity index (χ0v) is 16.2. The van der Waals surface area contributed by atoms with Gasteiger partial charge in [-0.2, -0.15) is 0 Å². The number of benzene rings is 1. The fourth-order valence-corrected chi connectivity index (χ4v) is 4.75. The third kappa shape index (κ3) is 3.21. The quantitative estimate of drug-likeness (QED) is 0.837. The maximum atomic E-state index is 12.8. The van der Waals surface area contributed by atoms with Gasteiger partial charge < -0.3 is 15.1 Å². The van der Waals surface area contributed by atoms with Crippen molar-refractivity contribution >= 4 is 35.0 Å². The van der Waals surface area contributed by atoms with Gasteiger partial charge >= 0.3 is 0 Å². The molecule has 4 rings (SSSR count). The molecule has 3 aliphatic rings. The van der Waals surface area contributed by atoms with E-state index >= 15 is 0 Å². The number of hydrogen-bond acceptors (Lipinski definition) is 3. The SMILES string of the molecule is O=C(c1cccc(Cl)c1Cl)N1CCN(C(=O)C2CC23CCNCC3)CC1. The van der Waals surface area contributed by atoms with Crippen molar-refractivity contribution in [3.63, 3.8) is 0 Å². The first-order valence-corrected chi connectivity index (χ1v) is 10.0. The highest BCUT2D eigenvalue weighted by Crippen LogP contribution is 2.59. The second-order valence-electron chi connectivity index (χ2n) is 7.59. The molecule has 3 fully saturated rings. The van der Waals surface area contributed by atoms with Crippen molar-refractivity contribution in [1.82, 2.24) is 15.1 Å². The maximum Gasteiger partial charge on any atom is 0.255 e. The Hall–Kier alpha value is -1.30. The Morgan fingerprint density at radius 1 is 1.04 bits per heavy atom. The number of piperidine rings is 1. The van der Waals surface area contributed by atoms with Crippen LogP contribution in [-0.2, 0) is 4.79 Å². The molecule has 1 atom stereocenters. The second kappa shape index (κ2) is 7.02. The largest absolute Gasteiger partial charge is 0.339 e. The van der Waals surface area contributed by atoms with Crippen molar-refractivity contribution in [3.8, 4) is 0 Å². The molecular weight excluding hydrogens is 373 g/mol. The highest BCUT2D eigenvalue weighted by atomic mass is 35.5. The lowest BCUT2D eigenvalue weighted by Gasteiger charge is -2.35. The Kier molecular flexibility index (Phi) is 4.88. The lowest BCUT2D eigenvalue weighted by molar-refractivity contribution is -0.135. The van der Waals surface area contributed by atoms with Crippen LogP contribution in [0.3, 0.4) is 0 Å². The van der Waals surface area contributed by atoms with Crippen LogP contribution < -0.4 is 5.32 Å². The van der Waals surface area contributed by atoms with Gasteiger partial charge in [0.15, 0.2) is 0 Å². The summed E-state index contributed by atoms with van der Waals surface area (Å²) < 4.78 is 0. The van der Waals surface area contributed by atoms with Crippen LogP contribution in [0.1, 0.15) is 29.6 Å². The summed E-state index contributed by atoms with van der Waals surface area (Å²) in [6.07, 6.45) is 3.25. The molecule has 1 N–H and O–H groups in total. The average Bonchev–Trinajstić information content (AvgIpc) is 3.36. The van der Waals surface area contributed by atoms with E-state index < -0.39 is 0 Å². The van der Waals surface area contributed by atoms with Gasteiger partial charge in [-0.1, -0.05) is 29.3 Å². The molecule has 2 aliphatic heterocycles. The third-order valence-electron chi connectivity index (χ3n) is 6.15. The van der Waals surface area contributed by atoms with Crippen molar-refractivity contribution in [2.45, 2.75) is 19.3 Å². The number of rotatable bonds is 2. The Morgan fingerprint density at radius 3 is 2.38 bits per heavy atom. The summed E-state index contributed by atoms with van der Waals surface area (Å²) >= 11 is 12.2. The molecule has 1 unspecified atom stereocenters. The highest BCUT2D eigenvalue weighted by molar-refractivity contribution is 6.43. The summed E-state index contributed by atoms with van der Waals surface area (Å²) in [6.45, 7) is 4.30. The van der Waals surface area contributed by atoms with Gasteiger partial charge in [0.2, 0.25) is 5.91 Å². The summed E-state index contributed by atoms with van der Waals surface area (Å²) in [5, 5.41) is 4.05. The summed E-state index contributed by atoms with van der Waals surface area (Å²) in [5.41, 5.74) is 0.679. The number of amides is 2. The second-order valence-corrected chi connectivity index (χ2v) is 8.37. The van der Waals surface area contributed by atoms with E-state index in [0.29, 0.717) is 41.8 Å². The monoisotopic (exact) mass is 395 g/mol. The number of carbonyl (C=O) groups is 2. The lowest BCUT2D eigenvalue weighted by Crippen LogP contribution is -2.51. The zero-order valence-electron chi connectivity index (χ0n) is 14.6. The lowest BCUT2D eigenvalue weighted by atomic mass is 9.91. The van der Waals surface area contributed by atoms with E-state index in [1.54, 1.807) is 23.1 Å². The molecule has 1 aliphatic carbocycles. The summed E-state index contributed by atoms with van der Waals surface area (Å²) in [5.74, 6) is 0.347. The zero-order chi connectivity index (χ0) is 18.3. The molecule has 26 heavy (non-hydrogen) atoms. The van der Waals surface area contributed by atoms with Crippen molar-refractivity contribution in [3.05, 3.63) is 33.8 Å². The fourth-order valence-electron chi connectivity index (χ4n) is 4.36. The summed E-state index contributed by atoms with van der Waals surface area (Å²) in [7, 11) is 0. The molecule has 0 radical (unpaired) electrons. The van der Waals surface area contributed by atoms with Crippen LogP contribution in [0.5, 0.6) is 0 Å². The van der Waals surface area contributed by atoms with Crippen molar-refractivity contribution in [1.29, 1.82) is 0 Å². The van der Waals surface area contributed by atoms with Gasteiger partial charge in [0.05, 0.1) is 15.6 Å². The van der Waals surface area contributed by atoms with E-state index in [4.69, 9.17) is 23.2 Å². The molecule has 1 aromatic carbocycles. The molecule has 1 spiro atoms. The molecule has 5 nitrogen and oxygen atoms in total. The Morgan fingerprint density at radius 2 is 1.69 bits per heavy atom. The van der Waals surface area contributed by atoms with Gasteiger partial charge in [-0.25, -0.2) is 0 Å². The van der Waals surface area contributed by atoms with Gasteiger partial charge in [-0.3, -0.25) is 9.59 Å². The van der Waals surface area contributed by atoms with Gasteiger partial charge in [-0.05, 0) is 49.9 Å². The molecule has 1 aromatic rings. The summed E-state index contributed by atoms with van der Waals surface area (Å²) in [6, 6.07) is 5.09. The Bertz CT molecular complexity index is 725. The molecule has 0 aromatic heterocycles. The predicted octanol–water partition coefficient (Wildman–Crippen LogP) is 2.67. The van der Waals surface area contributed by atoms with Gasteiger partial charge in [0.25, 0.3) is 5.91 Å². The van der Waals surface area contributed by atoms with Crippen LogP contribution in [0, 0.1) is 11.3 Å². The van der Waals surface area contributed by atoms with E-state index in [-0.39, 0.29) is 23.1 Å². The van der Waals surface area contributed by atoms with E-state index in [2.05, 4.69) is 5.32 Å². The number of halogens is 2. The van der Waals surface area contributed by atoms with E-state index in [0.717, 1.165) is 32.4 Å². The summed E-state index contributed by atoms with van der Waals surface area (Å²) in [4.78, 5) is 29.2. The number of carbonyl (C=O) groups excluding carboxylic acids is 2. The number of hydrogen-bond donors (Lipinski definition) is 1. The Labute approximate surface area is 163 Å². The minimum atomic E-state index is -0.120. The minimum absolute atomic E-state index is 0.120. The van der Waals surface area contributed by atoms with Gasteiger partial charge in [0.1, 0.15) is 0 Å². The van der Waals surface area contributed by atoms with E-state index in [1.165, 1.54) is 0 Å². The van der Waals surface area contributed by atoms with Crippen LogP contribution in [0.2, 0.25) is 10.0 Å². The molecule has 7 heteroatoms. The normalized spacial score (nSPS) is 24.6. The average molecular weight is 396 g/mol. The number of piperazine rings is 1. The Balaban J connectivity index is 1.35. The standard InChI is InChI=1S/C19H23Cl2N3O2/c20-15-3-1-2-13(16(15)21)17(25)23-8-10-24(11-9-23)18(26)14-12-19(14)4-6-22-7-5-19/h1-3,14,22H,4-12H2. The molecule has 140 valence electrons. The third-order valence-corrected chi connectivity index (χ3v) is 6.97. The van der Waals surface area contributed by atoms with Gasteiger partial charge in [-0.15, -0.1) is 0 Å². The maximum absolute atomic E-state index is 12.8. The molecule has 2 amide bonds. The topological polar surface area (TPSA) is 52.7 Å². The highest BCUT2D eigenvalue weighted by Gasteiger charge is 2.58. The first kappa shape index (κ1) is 18.1. The molecule has 2 saturated heterocycles. The molecular formula is C19H23Cl2N3O2. The van der Waals surface area contributed by atoms with Crippen LogP contribution >= 0.6 is 23.2 Å². The van der Waals surface area contributed by atoms with E-state index in [9.17, 15) is 9.59 Å². The van der Waals surface area contributed by atoms with Crippen molar-refractivity contribution in [2.75, 3.05) is 39.3 Å². The van der Waals surface area contributed by atoms with Crippen molar-refractivity contribution in [2.24, 2.45) is 11.3 Å². The number of nitrogens with zero attached hydrogens (tertiary/aromatic N) is 2. The molecule has 0 bridgehead atoms. The first-order chi connectivity index (χ1) is 12.5. The number of nitrogens with one attached hydrogen (secondary N) is 1.